The highest BCUT2D eigenvalue weighted by molar-refractivity contribution is 6.16. The Bertz CT molecular complexity index is 1130. The summed E-state index contributed by atoms with van der Waals surface area (Å²) in [6.45, 7) is 6.06. The molecule has 2 aliphatic rings. The highest BCUT2D eigenvalue weighted by Crippen LogP contribution is 2.47. The van der Waals surface area contributed by atoms with Crippen LogP contribution in [0.4, 0.5) is 5.69 Å². The molecule has 1 atom stereocenters. The van der Waals surface area contributed by atoms with Gasteiger partial charge in [-0.1, -0.05) is 80.6 Å². The molecule has 3 aromatic rings. The number of halogens is 1. The SMILES string of the molecule is CC1(C)CN=C2N(C1)c1ccccc1C2(NC(=O)c1ccccc1)c1ccccc1.Cl. The summed E-state index contributed by atoms with van der Waals surface area (Å²) >= 11 is 0. The van der Waals surface area contributed by atoms with Crippen LogP contribution >= 0.6 is 12.4 Å². The molecule has 0 spiro atoms. The van der Waals surface area contributed by atoms with Crippen LogP contribution in [0.15, 0.2) is 89.9 Å². The predicted molar refractivity (Wildman–Crippen MR) is 128 cm³/mol. The average Bonchev–Trinajstić information content (AvgIpc) is 3.04. The molecular weight excluding hydrogens is 406 g/mol. The van der Waals surface area contributed by atoms with Crippen LogP contribution in [0.25, 0.3) is 0 Å². The minimum absolute atomic E-state index is 0. The van der Waals surface area contributed by atoms with Gasteiger partial charge >= 0.3 is 0 Å². The van der Waals surface area contributed by atoms with Crippen molar-refractivity contribution in [1.82, 2.24) is 5.32 Å². The van der Waals surface area contributed by atoms with Crippen LogP contribution in [0.5, 0.6) is 0 Å². The number of anilines is 1. The van der Waals surface area contributed by atoms with E-state index in [2.05, 4.69) is 54.4 Å². The molecule has 4 nitrogen and oxygen atoms in total. The van der Waals surface area contributed by atoms with E-state index < -0.39 is 5.54 Å². The second-order valence-corrected chi connectivity index (χ2v) is 8.84. The summed E-state index contributed by atoms with van der Waals surface area (Å²) in [6, 6.07) is 27.9. The number of para-hydroxylation sites is 1. The van der Waals surface area contributed by atoms with Gasteiger partial charge in [0.05, 0.1) is 0 Å². The smallest absolute Gasteiger partial charge is 0.252 e. The van der Waals surface area contributed by atoms with Crippen LogP contribution in [-0.4, -0.2) is 24.8 Å². The first-order valence-electron chi connectivity index (χ1n) is 10.4. The number of amides is 1. The Balaban J connectivity index is 0.00000231. The maximum atomic E-state index is 13.4. The van der Waals surface area contributed by atoms with Crippen molar-refractivity contribution in [2.45, 2.75) is 19.4 Å². The van der Waals surface area contributed by atoms with E-state index in [4.69, 9.17) is 4.99 Å². The lowest BCUT2D eigenvalue weighted by atomic mass is 9.82. The molecule has 1 unspecified atom stereocenters. The van der Waals surface area contributed by atoms with Crippen molar-refractivity contribution < 1.29 is 4.79 Å². The normalized spacial score (nSPS) is 20.7. The molecule has 158 valence electrons. The molecule has 3 aromatic carbocycles. The van der Waals surface area contributed by atoms with Gasteiger partial charge in [0.25, 0.3) is 5.91 Å². The number of carbonyl (C=O) groups excluding carboxylic acids is 1. The highest BCUT2D eigenvalue weighted by Gasteiger charge is 2.53. The summed E-state index contributed by atoms with van der Waals surface area (Å²) < 4.78 is 0. The summed E-state index contributed by atoms with van der Waals surface area (Å²) in [4.78, 5) is 20.8. The zero-order chi connectivity index (χ0) is 20.8. The molecule has 2 heterocycles. The largest absolute Gasteiger partial charge is 0.332 e. The van der Waals surface area contributed by atoms with Gasteiger partial charge < -0.3 is 10.2 Å². The number of aliphatic imine (C=N–C) groups is 1. The van der Waals surface area contributed by atoms with Gasteiger partial charge in [0.15, 0.2) is 5.54 Å². The number of hydrogen-bond donors (Lipinski definition) is 1. The van der Waals surface area contributed by atoms with E-state index in [1.54, 1.807) is 0 Å². The lowest BCUT2D eigenvalue weighted by Crippen LogP contribution is -2.57. The van der Waals surface area contributed by atoms with E-state index in [-0.39, 0.29) is 23.7 Å². The number of carbonyl (C=O) groups is 1. The quantitative estimate of drug-likeness (QED) is 0.631. The molecule has 0 bridgehead atoms. The number of fused-ring (bicyclic) bond motifs is 3. The molecule has 1 N–H and O–H groups in total. The van der Waals surface area contributed by atoms with E-state index >= 15 is 0 Å². The minimum Gasteiger partial charge on any atom is -0.332 e. The summed E-state index contributed by atoms with van der Waals surface area (Å²) in [7, 11) is 0. The molecule has 0 aromatic heterocycles. The molecule has 5 rings (SSSR count). The number of nitrogens with zero attached hydrogens (tertiary/aromatic N) is 2. The fraction of sp³-hybridized carbons (Fsp3) is 0.231. The minimum atomic E-state index is -0.818. The lowest BCUT2D eigenvalue weighted by molar-refractivity contribution is 0.0932. The van der Waals surface area contributed by atoms with Crippen molar-refractivity contribution in [1.29, 1.82) is 0 Å². The fourth-order valence-corrected chi connectivity index (χ4v) is 4.59. The van der Waals surface area contributed by atoms with Gasteiger partial charge in [-0.25, -0.2) is 0 Å². The second-order valence-electron chi connectivity index (χ2n) is 8.84. The van der Waals surface area contributed by atoms with Gasteiger partial charge in [-0.15, -0.1) is 12.4 Å². The summed E-state index contributed by atoms with van der Waals surface area (Å²) in [6.07, 6.45) is 0. The molecule has 31 heavy (non-hydrogen) atoms. The standard InChI is InChI=1S/C26H25N3O.ClH/c1-25(2)17-27-24-26(20-13-7-4-8-14-20,28-23(30)19-11-5-3-6-12-19)21-15-9-10-16-22(21)29(24)18-25;/h3-16H,17-18H2,1-2H3,(H,28,30);1H. The van der Waals surface area contributed by atoms with Gasteiger partial charge in [0.1, 0.15) is 5.84 Å². The summed E-state index contributed by atoms with van der Waals surface area (Å²) in [5.74, 6) is 0.794. The molecule has 0 radical (unpaired) electrons. The zero-order valence-electron chi connectivity index (χ0n) is 17.7. The number of amidine groups is 1. The van der Waals surface area contributed by atoms with Crippen molar-refractivity contribution in [3.8, 4) is 0 Å². The fourth-order valence-electron chi connectivity index (χ4n) is 4.59. The van der Waals surface area contributed by atoms with E-state index in [0.717, 1.165) is 35.7 Å². The molecule has 0 saturated heterocycles. The van der Waals surface area contributed by atoms with Crippen molar-refractivity contribution in [3.63, 3.8) is 0 Å². The summed E-state index contributed by atoms with van der Waals surface area (Å²) in [5.41, 5.74) is 3.08. The molecule has 2 aliphatic heterocycles. The van der Waals surface area contributed by atoms with E-state index in [0.29, 0.717) is 5.56 Å². The van der Waals surface area contributed by atoms with E-state index in [1.165, 1.54) is 0 Å². The topological polar surface area (TPSA) is 44.7 Å². The zero-order valence-corrected chi connectivity index (χ0v) is 18.5. The van der Waals surface area contributed by atoms with Crippen LogP contribution in [0, 0.1) is 5.41 Å². The Labute approximate surface area is 189 Å². The maximum absolute atomic E-state index is 13.4. The lowest BCUT2D eigenvalue weighted by Gasteiger charge is -2.40. The van der Waals surface area contributed by atoms with Crippen LogP contribution in [-0.2, 0) is 5.54 Å². The monoisotopic (exact) mass is 431 g/mol. The first-order valence-corrected chi connectivity index (χ1v) is 10.4. The highest BCUT2D eigenvalue weighted by atomic mass is 35.5. The number of hydrogen-bond acceptors (Lipinski definition) is 3. The molecule has 5 heteroatoms. The molecule has 0 aliphatic carbocycles. The maximum Gasteiger partial charge on any atom is 0.252 e. The third-order valence-corrected chi connectivity index (χ3v) is 5.98. The Hall–Kier alpha value is -3.11. The van der Waals surface area contributed by atoms with Crippen molar-refractivity contribution in [3.05, 3.63) is 102 Å². The van der Waals surface area contributed by atoms with Gasteiger partial charge in [-0.3, -0.25) is 9.79 Å². The second kappa shape index (κ2) is 7.86. The Kier molecular flexibility index (Phi) is 5.36. The van der Waals surface area contributed by atoms with Crippen LogP contribution < -0.4 is 10.2 Å². The van der Waals surface area contributed by atoms with Gasteiger partial charge in [0, 0.05) is 35.3 Å². The number of benzene rings is 3. The van der Waals surface area contributed by atoms with E-state index in [9.17, 15) is 4.79 Å². The molecular formula is C26H26ClN3O. The first kappa shape index (κ1) is 21.1. The van der Waals surface area contributed by atoms with E-state index in [1.807, 2.05) is 54.6 Å². The molecule has 0 saturated carbocycles. The van der Waals surface area contributed by atoms with Crippen molar-refractivity contribution in [2.24, 2.45) is 10.4 Å². The van der Waals surface area contributed by atoms with Gasteiger partial charge in [0.2, 0.25) is 0 Å². The van der Waals surface area contributed by atoms with Gasteiger partial charge in [-0.05, 0) is 23.8 Å². The predicted octanol–water partition coefficient (Wildman–Crippen LogP) is 5.04. The Morgan fingerprint density at radius 3 is 2.23 bits per heavy atom. The van der Waals surface area contributed by atoms with Gasteiger partial charge in [-0.2, -0.15) is 0 Å². The number of nitrogens with one attached hydrogen (secondary N) is 1. The van der Waals surface area contributed by atoms with Crippen LogP contribution in [0.3, 0.4) is 0 Å². The number of rotatable bonds is 3. The van der Waals surface area contributed by atoms with Crippen LogP contribution in [0.1, 0.15) is 35.3 Å². The Morgan fingerprint density at radius 1 is 0.903 bits per heavy atom. The van der Waals surface area contributed by atoms with Crippen molar-refractivity contribution >= 4 is 29.8 Å². The van der Waals surface area contributed by atoms with Crippen molar-refractivity contribution in [2.75, 3.05) is 18.0 Å². The molecule has 0 fully saturated rings. The Morgan fingerprint density at radius 2 is 1.52 bits per heavy atom. The summed E-state index contributed by atoms with van der Waals surface area (Å²) in [5, 5.41) is 3.40. The third-order valence-electron chi connectivity index (χ3n) is 5.98. The van der Waals surface area contributed by atoms with Crippen LogP contribution in [0.2, 0.25) is 0 Å². The third kappa shape index (κ3) is 3.41. The molecule has 1 amide bonds. The average molecular weight is 432 g/mol. The first-order chi connectivity index (χ1) is 14.5.